The number of nitrogens with zero attached hydrogens (tertiary/aromatic N) is 3. The average Bonchev–Trinajstić information content (AvgIpc) is 2.94. The first-order valence-corrected chi connectivity index (χ1v) is 7.91. The van der Waals surface area contributed by atoms with E-state index in [1.807, 2.05) is 24.3 Å². The van der Waals surface area contributed by atoms with Gasteiger partial charge in [-0.3, -0.25) is 4.79 Å². The van der Waals surface area contributed by atoms with E-state index in [-0.39, 0.29) is 28.0 Å². The summed E-state index contributed by atoms with van der Waals surface area (Å²) in [4.78, 5) is 11.8. The van der Waals surface area contributed by atoms with E-state index in [0.717, 1.165) is 21.8 Å². The standard InChI is InChI=1S/C14H11BrN4O2S/c1-8(17)10(6-16)12(20)7-22-14-19-18-13(21-14)9-4-2-3-5-11(9)15/h2-5H,7,17H2,1H3/b10-8+. The average molecular weight is 379 g/mol. The van der Waals surface area contributed by atoms with Crippen molar-refractivity contribution in [2.75, 3.05) is 5.75 Å². The Balaban J connectivity index is 2.08. The molecule has 2 N–H and O–H groups in total. The number of thioether (sulfide) groups is 1. The molecule has 22 heavy (non-hydrogen) atoms. The minimum atomic E-state index is -0.367. The van der Waals surface area contributed by atoms with Crippen LogP contribution in [-0.2, 0) is 4.79 Å². The third kappa shape index (κ3) is 3.75. The molecule has 1 heterocycles. The van der Waals surface area contributed by atoms with E-state index in [4.69, 9.17) is 15.4 Å². The summed E-state index contributed by atoms with van der Waals surface area (Å²) in [6, 6.07) is 9.23. The fraction of sp³-hybridized carbons (Fsp3) is 0.143. The van der Waals surface area contributed by atoms with Gasteiger partial charge >= 0.3 is 0 Å². The number of ketones is 1. The quantitative estimate of drug-likeness (QED) is 0.484. The van der Waals surface area contributed by atoms with Crippen molar-refractivity contribution in [1.29, 1.82) is 5.26 Å². The van der Waals surface area contributed by atoms with E-state index in [2.05, 4.69) is 26.1 Å². The third-order valence-electron chi connectivity index (χ3n) is 2.62. The molecule has 1 aromatic heterocycles. The SMILES string of the molecule is C/C(N)=C(/C#N)C(=O)CSc1nnc(-c2ccccc2Br)o1. The number of halogens is 1. The molecule has 0 saturated heterocycles. The van der Waals surface area contributed by atoms with Gasteiger partial charge in [0.05, 0.1) is 11.3 Å². The fourth-order valence-electron chi connectivity index (χ4n) is 1.58. The van der Waals surface area contributed by atoms with Gasteiger partial charge in [0.15, 0.2) is 5.78 Å². The molecule has 0 fully saturated rings. The summed E-state index contributed by atoms with van der Waals surface area (Å²) in [7, 11) is 0. The molecule has 112 valence electrons. The van der Waals surface area contributed by atoms with Crippen LogP contribution in [0.3, 0.4) is 0 Å². The summed E-state index contributed by atoms with van der Waals surface area (Å²) < 4.78 is 6.34. The second-order valence-corrected chi connectivity index (χ2v) is 6.02. The van der Waals surface area contributed by atoms with Crippen LogP contribution in [0.25, 0.3) is 11.5 Å². The summed E-state index contributed by atoms with van der Waals surface area (Å²) in [5.41, 5.74) is 6.41. The third-order valence-corrected chi connectivity index (χ3v) is 4.13. The van der Waals surface area contributed by atoms with E-state index >= 15 is 0 Å². The largest absolute Gasteiger partial charge is 0.411 e. The van der Waals surface area contributed by atoms with Crippen LogP contribution >= 0.6 is 27.7 Å². The van der Waals surface area contributed by atoms with Gasteiger partial charge in [0.1, 0.15) is 11.6 Å². The monoisotopic (exact) mass is 378 g/mol. The number of Topliss-reactive ketones (excluding diaryl/α,β-unsaturated/α-hetero) is 1. The predicted molar refractivity (Wildman–Crippen MR) is 85.7 cm³/mol. The number of allylic oxidation sites excluding steroid dienone is 2. The number of aromatic nitrogens is 2. The van der Waals surface area contributed by atoms with Gasteiger partial charge in [-0.2, -0.15) is 5.26 Å². The van der Waals surface area contributed by atoms with Crippen LogP contribution < -0.4 is 5.73 Å². The lowest BCUT2D eigenvalue weighted by molar-refractivity contribution is -0.112. The zero-order valence-electron chi connectivity index (χ0n) is 11.5. The van der Waals surface area contributed by atoms with Crippen molar-refractivity contribution in [2.24, 2.45) is 5.73 Å². The highest BCUT2D eigenvalue weighted by atomic mass is 79.9. The summed E-state index contributed by atoms with van der Waals surface area (Å²) in [6.07, 6.45) is 0. The van der Waals surface area contributed by atoms with Gasteiger partial charge in [-0.05, 0) is 35.0 Å². The van der Waals surface area contributed by atoms with Crippen LogP contribution in [-0.4, -0.2) is 21.7 Å². The van der Waals surface area contributed by atoms with Crippen molar-refractivity contribution in [3.05, 3.63) is 40.0 Å². The smallest absolute Gasteiger partial charge is 0.277 e. The van der Waals surface area contributed by atoms with Gasteiger partial charge in [-0.15, -0.1) is 10.2 Å². The van der Waals surface area contributed by atoms with Crippen LogP contribution in [0.15, 0.2) is 49.6 Å². The number of benzene rings is 1. The van der Waals surface area contributed by atoms with Gasteiger partial charge in [0.25, 0.3) is 5.22 Å². The van der Waals surface area contributed by atoms with E-state index in [0.29, 0.717) is 5.89 Å². The van der Waals surface area contributed by atoms with Crippen molar-refractivity contribution in [3.8, 4) is 17.5 Å². The maximum atomic E-state index is 11.8. The van der Waals surface area contributed by atoms with Gasteiger partial charge in [0.2, 0.25) is 5.89 Å². The van der Waals surface area contributed by atoms with E-state index in [1.165, 1.54) is 6.92 Å². The highest BCUT2D eigenvalue weighted by molar-refractivity contribution is 9.10. The van der Waals surface area contributed by atoms with Gasteiger partial charge in [0, 0.05) is 10.2 Å². The Morgan fingerprint density at radius 1 is 1.45 bits per heavy atom. The number of hydrogen-bond acceptors (Lipinski definition) is 7. The van der Waals surface area contributed by atoms with Crippen molar-refractivity contribution < 1.29 is 9.21 Å². The Morgan fingerprint density at radius 2 is 2.18 bits per heavy atom. The topological polar surface area (TPSA) is 106 Å². The lowest BCUT2D eigenvalue weighted by Crippen LogP contribution is -2.10. The number of carbonyl (C=O) groups is 1. The van der Waals surface area contributed by atoms with Crippen molar-refractivity contribution in [3.63, 3.8) is 0 Å². The molecule has 1 aromatic carbocycles. The number of hydrogen-bond donors (Lipinski definition) is 1. The molecule has 2 rings (SSSR count). The summed E-state index contributed by atoms with van der Waals surface area (Å²) in [6.45, 7) is 1.51. The molecule has 2 aromatic rings. The number of nitriles is 1. The molecule has 8 heteroatoms. The summed E-state index contributed by atoms with van der Waals surface area (Å²) >= 11 is 4.47. The Bertz CT molecular complexity index is 775. The van der Waals surface area contributed by atoms with Crippen LogP contribution in [0.4, 0.5) is 0 Å². The molecule has 0 aliphatic carbocycles. The molecule has 0 spiro atoms. The molecule has 0 radical (unpaired) electrons. The summed E-state index contributed by atoms with van der Waals surface area (Å²) in [5.74, 6) is -0.00343. The minimum Gasteiger partial charge on any atom is -0.411 e. The Morgan fingerprint density at radius 3 is 2.82 bits per heavy atom. The maximum absolute atomic E-state index is 11.8. The van der Waals surface area contributed by atoms with Crippen molar-refractivity contribution >= 4 is 33.5 Å². The number of carbonyl (C=O) groups excluding carboxylic acids is 1. The molecule has 0 saturated carbocycles. The number of nitrogens with two attached hydrogens (primary N) is 1. The minimum absolute atomic E-state index is 0.00895. The molecule has 0 atom stereocenters. The molecular formula is C14H11BrN4O2S. The Labute approximate surface area is 139 Å². The van der Waals surface area contributed by atoms with Crippen LogP contribution in [0.5, 0.6) is 0 Å². The highest BCUT2D eigenvalue weighted by Gasteiger charge is 2.16. The molecule has 0 bridgehead atoms. The Kier molecular flexibility index (Phi) is 5.35. The van der Waals surface area contributed by atoms with E-state index in [1.54, 1.807) is 6.07 Å². The van der Waals surface area contributed by atoms with Crippen molar-refractivity contribution in [2.45, 2.75) is 12.1 Å². The lowest BCUT2D eigenvalue weighted by Gasteiger charge is -1.99. The summed E-state index contributed by atoms with van der Waals surface area (Å²) in [5, 5.41) is 17.0. The zero-order chi connectivity index (χ0) is 16.1. The van der Waals surface area contributed by atoms with E-state index in [9.17, 15) is 4.79 Å². The number of rotatable bonds is 5. The Hall–Kier alpha value is -2.11. The highest BCUT2D eigenvalue weighted by Crippen LogP contribution is 2.29. The molecule has 0 amide bonds. The van der Waals surface area contributed by atoms with Crippen LogP contribution in [0.1, 0.15) is 6.92 Å². The first-order valence-electron chi connectivity index (χ1n) is 6.13. The van der Waals surface area contributed by atoms with E-state index < -0.39 is 0 Å². The molecule has 0 aliphatic heterocycles. The lowest BCUT2D eigenvalue weighted by atomic mass is 10.2. The maximum Gasteiger partial charge on any atom is 0.277 e. The first-order chi connectivity index (χ1) is 10.5. The fourth-order valence-corrected chi connectivity index (χ4v) is 2.67. The second kappa shape index (κ2) is 7.24. The van der Waals surface area contributed by atoms with Crippen LogP contribution in [0, 0.1) is 11.3 Å². The predicted octanol–water partition coefficient (Wildman–Crippen LogP) is 2.92. The van der Waals surface area contributed by atoms with Gasteiger partial charge in [-0.25, -0.2) is 0 Å². The molecule has 0 aliphatic rings. The first kappa shape index (κ1) is 16.3. The molecule has 0 unspecified atom stereocenters. The molecular weight excluding hydrogens is 368 g/mol. The van der Waals surface area contributed by atoms with Gasteiger partial charge in [-0.1, -0.05) is 23.9 Å². The molecule has 6 nitrogen and oxygen atoms in total. The van der Waals surface area contributed by atoms with Gasteiger partial charge < -0.3 is 10.2 Å². The zero-order valence-corrected chi connectivity index (χ0v) is 13.9. The van der Waals surface area contributed by atoms with Crippen molar-refractivity contribution in [1.82, 2.24) is 10.2 Å². The van der Waals surface area contributed by atoms with Crippen LogP contribution in [0.2, 0.25) is 0 Å². The second-order valence-electron chi connectivity index (χ2n) is 4.23. The normalized spacial score (nSPS) is 11.7.